The number of methoxy groups -OCH3 is 1. The first-order valence-corrected chi connectivity index (χ1v) is 6.21. The molecule has 0 radical (unpaired) electrons. The van der Waals surface area contributed by atoms with Crippen molar-refractivity contribution in [1.29, 1.82) is 0 Å². The normalized spacial score (nSPS) is 10.3. The fourth-order valence-electron chi connectivity index (χ4n) is 1.82. The summed E-state index contributed by atoms with van der Waals surface area (Å²) in [6.45, 7) is 3.34. The van der Waals surface area contributed by atoms with E-state index in [1.165, 1.54) is 19.2 Å². The first-order valence-electron chi connectivity index (χ1n) is 6.21. The molecular formula is C13H16N4O3. The largest absolute Gasteiger partial charge is 0.495 e. The number of aryl methyl sites for hydroxylation is 1. The van der Waals surface area contributed by atoms with Crippen molar-refractivity contribution in [1.82, 2.24) is 9.78 Å². The number of benzene rings is 1. The summed E-state index contributed by atoms with van der Waals surface area (Å²) in [5, 5.41) is 18.1. The van der Waals surface area contributed by atoms with Gasteiger partial charge in [0.2, 0.25) is 0 Å². The summed E-state index contributed by atoms with van der Waals surface area (Å²) in [6.07, 6.45) is 3.69. The van der Waals surface area contributed by atoms with Gasteiger partial charge in [-0.3, -0.25) is 14.8 Å². The van der Waals surface area contributed by atoms with Crippen LogP contribution in [0, 0.1) is 10.1 Å². The van der Waals surface area contributed by atoms with Crippen LogP contribution in [0.2, 0.25) is 0 Å². The van der Waals surface area contributed by atoms with Gasteiger partial charge < -0.3 is 10.1 Å². The van der Waals surface area contributed by atoms with E-state index in [9.17, 15) is 10.1 Å². The van der Waals surface area contributed by atoms with Gasteiger partial charge in [0.1, 0.15) is 5.75 Å². The molecule has 0 unspecified atom stereocenters. The fraction of sp³-hybridized carbons (Fsp3) is 0.308. The molecule has 0 aliphatic rings. The molecule has 0 saturated carbocycles. The van der Waals surface area contributed by atoms with Gasteiger partial charge in [-0.15, -0.1) is 0 Å². The average molecular weight is 276 g/mol. The third-order valence-electron chi connectivity index (χ3n) is 2.89. The predicted octanol–water partition coefficient (Wildman–Crippen LogP) is 2.43. The van der Waals surface area contributed by atoms with Crippen LogP contribution in [0.25, 0.3) is 0 Å². The molecule has 2 aromatic rings. The summed E-state index contributed by atoms with van der Waals surface area (Å²) < 4.78 is 7.01. The summed E-state index contributed by atoms with van der Waals surface area (Å²) in [5.41, 5.74) is 1.61. The van der Waals surface area contributed by atoms with Crippen molar-refractivity contribution in [3.8, 4) is 5.75 Å². The van der Waals surface area contributed by atoms with Gasteiger partial charge in [0, 0.05) is 37.0 Å². The number of hydrogen-bond donors (Lipinski definition) is 1. The van der Waals surface area contributed by atoms with Gasteiger partial charge in [-0.2, -0.15) is 5.10 Å². The van der Waals surface area contributed by atoms with E-state index in [2.05, 4.69) is 10.4 Å². The molecule has 1 aromatic carbocycles. The van der Waals surface area contributed by atoms with Crippen molar-refractivity contribution in [3.63, 3.8) is 0 Å². The zero-order valence-corrected chi connectivity index (χ0v) is 11.4. The summed E-state index contributed by atoms with van der Waals surface area (Å²) in [4.78, 5) is 10.4. The number of rotatable bonds is 6. The number of ether oxygens (including phenoxy) is 1. The van der Waals surface area contributed by atoms with Gasteiger partial charge in [0.05, 0.1) is 23.9 Å². The van der Waals surface area contributed by atoms with Crippen LogP contribution in [0.15, 0.2) is 30.6 Å². The maximum absolute atomic E-state index is 10.8. The molecule has 0 aliphatic carbocycles. The van der Waals surface area contributed by atoms with Crippen molar-refractivity contribution in [2.24, 2.45) is 0 Å². The van der Waals surface area contributed by atoms with Crippen LogP contribution in [0.3, 0.4) is 0 Å². The van der Waals surface area contributed by atoms with E-state index in [0.717, 1.165) is 12.1 Å². The molecule has 0 saturated heterocycles. The Kier molecular flexibility index (Phi) is 4.19. The molecule has 0 amide bonds. The molecule has 0 atom stereocenters. The zero-order valence-electron chi connectivity index (χ0n) is 11.4. The molecule has 1 aromatic heterocycles. The van der Waals surface area contributed by atoms with Crippen molar-refractivity contribution in [3.05, 3.63) is 46.3 Å². The summed E-state index contributed by atoms with van der Waals surface area (Å²) in [5.74, 6) is 0.568. The van der Waals surface area contributed by atoms with Crippen molar-refractivity contribution in [2.75, 3.05) is 12.4 Å². The van der Waals surface area contributed by atoms with E-state index >= 15 is 0 Å². The smallest absolute Gasteiger partial charge is 0.271 e. The summed E-state index contributed by atoms with van der Waals surface area (Å²) in [7, 11) is 1.53. The molecule has 0 bridgehead atoms. The van der Waals surface area contributed by atoms with Crippen LogP contribution in [-0.2, 0) is 13.1 Å². The van der Waals surface area contributed by atoms with Crippen LogP contribution in [0.4, 0.5) is 11.4 Å². The van der Waals surface area contributed by atoms with Crippen LogP contribution < -0.4 is 10.1 Å². The SMILES string of the molecule is CCn1cc(CNc2cc([N+](=O)[O-])ccc2OC)cn1. The lowest BCUT2D eigenvalue weighted by atomic mass is 10.2. The van der Waals surface area contributed by atoms with E-state index < -0.39 is 4.92 Å². The third kappa shape index (κ3) is 3.05. The minimum absolute atomic E-state index is 0.0255. The first-order chi connectivity index (χ1) is 9.63. The highest BCUT2D eigenvalue weighted by Gasteiger charge is 2.11. The number of non-ortho nitro benzene ring substituents is 1. The first kappa shape index (κ1) is 13.9. The van der Waals surface area contributed by atoms with Gasteiger partial charge in [-0.05, 0) is 13.0 Å². The summed E-state index contributed by atoms with van der Waals surface area (Å²) >= 11 is 0. The van der Waals surface area contributed by atoms with E-state index in [1.54, 1.807) is 12.3 Å². The molecule has 20 heavy (non-hydrogen) atoms. The van der Waals surface area contributed by atoms with Gasteiger partial charge >= 0.3 is 0 Å². The van der Waals surface area contributed by atoms with Crippen LogP contribution >= 0.6 is 0 Å². The number of anilines is 1. The minimum Gasteiger partial charge on any atom is -0.495 e. The standard InChI is InChI=1S/C13H16N4O3/c1-3-16-9-10(8-15-16)7-14-12-6-11(17(18)19)4-5-13(12)20-2/h4-6,8-9,14H,3,7H2,1-2H3. The zero-order chi connectivity index (χ0) is 14.5. The van der Waals surface area contributed by atoms with Crippen LogP contribution in [0.1, 0.15) is 12.5 Å². The van der Waals surface area contributed by atoms with E-state index in [-0.39, 0.29) is 5.69 Å². The Labute approximate surface area is 116 Å². The second kappa shape index (κ2) is 6.05. The van der Waals surface area contributed by atoms with Crippen molar-refractivity contribution >= 4 is 11.4 Å². The number of nitrogens with zero attached hydrogens (tertiary/aromatic N) is 3. The number of nitro groups is 1. The molecule has 2 rings (SSSR count). The lowest BCUT2D eigenvalue weighted by molar-refractivity contribution is -0.384. The van der Waals surface area contributed by atoms with E-state index in [4.69, 9.17) is 4.74 Å². The third-order valence-corrected chi connectivity index (χ3v) is 2.89. The second-order valence-electron chi connectivity index (χ2n) is 4.20. The maximum atomic E-state index is 10.8. The quantitative estimate of drug-likeness (QED) is 0.647. The molecule has 7 nitrogen and oxygen atoms in total. The van der Waals surface area contributed by atoms with Gasteiger partial charge in [0.15, 0.2) is 0 Å². The fourth-order valence-corrected chi connectivity index (χ4v) is 1.82. The van der Waals surface area contributed by atoms with Crippen LogP contribution in [-0.4, -0.2) is 21.8 Å². The Hall–Kier alpha value is -2.57. The molecule has 0 spiro atoms. The molecule has 1 N–H and O–H groups in total. The lowest BCUT2D eigenvalue weighted by Crippen LogP contribution is -2.02. The maximum Gasteiger partial charge on any atom is 0.271 e. The molecule has 106 valence electrons. The Morgan fingerprint density at radius 1 is 1.50 bits per heavy atom. The Morgan fingerprint density at radius 2 is 2.30 bits per heavy atom. The number of aromatic nitrogens is 2. The van der Waals surface area contributed by atoms with E-state index in [1.807, 2.05) is 17.8 Å². The number of nitrogens with one attached hydrogen (secondary N) is 1. The van der Waals surface area contributed by atoms with Crippen molar-refractivity contribution < 1.29 is 9.66 Å². The average Bonchev–Trinajstić information content (AvgIpc) is 2.92. The predicted molar refractivity (Wildman–Crippen MR) is 74.9 cm³/mol. The highest BCUT2D eigenvalue weighted by molar-refractivity contribution is 5.61. The molecule has 0 fully saturated rings. The highest BCUT2D eigenvalue weighted by atomic mass is 16.6. The van der Waals surface area contributed by atoms with Crippen LogP contribution in [0.5, 0.6) is 5.75 Å². The number of nitro benzene ring substituents is 1. The monoisotopic (exact) mass is 276 g/mol. The molecular weight excluding hydrogens is 260 g/mol. The van der Waals surface area contributed by atoms with Gasteiger partial charge in [0.25, 0.3) is 5.69 Å². The second-order valence-corrected chi connectivity index (χ2v) is 4.20. The Balaban J connectivity index is 2.14. The van der Waals surface area contributed by atoms with Gasteiger partial charge in [-0.1, -0.05) is 0 Å². The summed E-state index contributed by atoms with van der Waals surface area (Å²) in [6, 6.07) is 4.46. The lowest BCUT2D eigenvalue weighted by Gasteiger charge is -2.10. The van der Waals surface area contributed by atoms with Gasteiger partial charge in [-0.25, -0.2) is 0 Å². The van der Waals surface area contributed by atoms with Crippen molar-refractivity contribution in [2.45, 2.75) is 20.0 Å². The minimum atomic E-state index is -0.431. The Morgan fingerprint density at radius 3 is 2.90 bits per heavy atom. The molecule has 0 aliphatic heterocycles. The highest BCUT2D eigenvalue weighted by Crippen LogP contribution is 2.29. The Bertz CT molecular complexity index is 609. The molecule has 1 heterocycles. The topological polar surface area (TPSA) is 82.2 Å². The number of hydrogen-bond acceptors (Lipinski definition) is 5. The van der Waals surface area contributed by atoms with E-state index in [0.29, 0.717) is 18.0 Å². The molecule has 7 heteroatoms.